The average Bonchev–Trinajstić information content (AvgIpc) is 2.61. The number of carbonyl (C=O) groups is 1. The molecule has 1 amide bonds. The standard InChI is InChI=1S/C18H20FN3O2/c1-13-20-9-8-16(21-13)17-12-22(10-11-24-17)18(23)7-6-14-4-2-3-5-15(14)19/h2-5,8-9,17H,6-7,10-12H2,1H3. The molecule has 1 fully saturated rings. The highest BCUT2D eigenvalue weighted by Crippen LogP contribution is 2.21. The van der Waals surface area contributed by atoms with Crippen LogP contribution >= 0.6 is 0 Å². The molecule has 1 saturated heterocycles. The Morgan fingerprint density at radius 1 is 1.38 bits per heavy atom. The topological polar surface area (TPSA) is 55.3 Å². The lowest BCUT2D eigenvalue weighted by Crippen LogP contribution is -2.42. The Balaban J connectivity index is 1.60. The van der Waals surface area contributed by atoms with Gasteiger partial charge in [-0.3, -0.25) is 4.79 Å². The number of hydrogen-bond donors (Lipinski definition) is 0. The second-order valence-electron chi connectivity index (χ2n) is 5.82. The molecule has 0 spiro atoms. The summed E-state index contributed by atoms with van der Waals surface area (Å²) in [5.41, 5.74) is 1.36. The van der Waals surface area contributed by atoms with Crippen LogP contribution in [-0.2, 0) is 16.0 Å². The second kappa shape index (κ2) is 7.49. The third-order valence-electron chi connectivity index (χ3n) is 4.11. The van der Waals surface area contributed by atoms with Crippen molar-refractivity contribution in [2.75, 3.05) is 19.7 Å². The molecule has 1 atom stereocenters. The Labute approximate surface area is 140 Å². The van der Waals surface area contributed by atoms with Crippen molar-refractivity contribution >= 4 is 5.91 Å². The van der Waals surface area contributed by atoms with E-state index in [4.69, 9.17) is 4.74 Å². The van der Waals surface area contributed by atoms with Crippen LogP contribution in [0.1, 0.15) is 29.6 Å². The van der Waals surface area contributed by atoms with Gasteiger partial charge >= 0.3 is 0 Å². The first-order chi connectivity index (χ1) is 11.6. The Bertz CT molecular complexity index is 723. The average molecular weight is 329 g/mol. The molecule has 1 unspecified atom stereocenters. The van der Waals surface area contributed by atoms with E-state index in [1.807, 2.05) is 13.0 Å². The summed E-state index contributed by atoms with van der Waals surface area (Å²) in [6.07, 6.45) is 2.15. The number of aryl methyl sites for hydroxylation is 2. The number of amides is 1. The van der Waals surface area contributed by atoms with Crippen LogP contribution in [0.2, 0.25) is 0 Å². The number of carbonyl (C=O) groups excluding carboxylic acids is 1. The molecule has 0 radical (unpaired) electrons. The molecule has 3 rings (SSSR count). The van der Waals surface area contributed by atoms with Gasteiger partial charge in [0.25, 0.3) is 0 Å². The molecule has 126 valence electrons. The molecule has 0 saturated carbocycles. The number of ether oxygens (including phenoxy) is 1. The van der Waals surface area contributed by atoms with E-state index in [1.54, 1.807) is 29.3 Å². The Morgan fingerprint density at radius 2 is 2.21 bits per heavy atom. The molecular weight excluding hydrogens is 309 g/mol. The normalized spacial score (nSPS) is 17.8. The number of rotatable bonds is 4. The van der Waals surface area contributed by atoms with E-state index >= 15 is 0 Å². The number of aromatic nitrogens is 2. The lowest BCUT2D eigenvalue weighted by Gasteiger charge is -2.32. The van der Waals surface area contributed by atoms with Crippen LogP contribution in [0.5, 0.6) is 0 Å². The van der Waals surface area contributed by atoms with Gasteiger partial charge in [-0.15, -0.1) is 0 Å². The molecule has 0 aliphatic carbocycles. The molecule has 1 aliphatic heterocycles. The van der Waals surface area contributed by atoms with E-state index in [1.165, 1.54) is 6.07 Å². The lowest BCUT2D eigenvalue weighted by atomic mass is 10.1. The molecule has 2 heterocycles. The van der Waals surface area contributed by atoms with Crippen molar-refractivity contribution in [3.8, 4) is 0 Å². The maximum Gasteiger partial charge on any atom is 0.223 e. The number of hydrogen-bond acceptors (Lipinski definition) is 4. The van der Waals surface area contributed by atoms with Gasteiger partial charge in [-0.25, -0.2) is 14.4 Å². The van der Waals surface area contributed by atoms with Crippen LogP contribution in [0, 0.1) is 12.7 Å². The fraction of sp³-hybridized carbons (Fsp3) is 0.389. The highest BCUT2D eigenvalue weighted by Gasteiger charge is 2.26. The Hall–Kier alpha value is -2.34. The van der Waals surface area contributed by atoms with E-state index in [0.717, 1.165) is 5.69 Å². The van der Waals surface area contributed by atoms with Crippen LogP contribution in [0.3, 0.4) is 0 Å². The fourth-order valence-corrected chi connectivity index (χ4v) is 2.81. The molecule has 6 heteroatoms. The third-order valence-corrected chi connectivity index (χ3v) is 4.11. The zero-order valence-corrected chi connectivity index (χ0v) is 13.6. The van der Waals surface area contributed by atoms with E-state index in [0.29, 0.717) is 37.5 Å². The molecule has 2 aromatic rings. The highest BCUT2D eigenvalue weighted by molar-refractivity contribution is 5.76. The van der Waals surface area contributed by atoms with Crippen molar-refractivity contribution < 1.29 is 13.9 Å². The van der Waals surface area contributed by atoms with Gasteiger partial charge in [0.15, 0.2) is 0 Å². The summed E-state index contributed by atoms with van der Waals surface area (Å²) in [7, 11) is 0. The smallest absolute Gasteiger partial charge is 0.223 e. The molecular formula is C18H20FN3O2. The van der Waals surface area contributed by atoms with Gasteiger partial charge < -0.3 is 9.64 Å². The zero-order valence-electron chi connectivity index (χ0n) is 13.6. The summed E-state index contributed by atoms with van der Waals surface area (Å²) in [6.45, 7) is 3.31. The molecule has 1 aliphatic rings. The molecule has 0 N–H and O–H groups in total. The first-order valence-electron chi connectivity index (χ1n) is 8.06. The number of morpholine rings is 1. The minimum atomic E-state index is -0.262. The lowest BCUT2D eigenvalue weighted by molar-refractivity contribution is -0.139. The van der Waals surface area contributed by atoms with Crippen LogP contribution in [0.25, 0.3) is 0 Å². The van der Waals surface area contributed by atoms with E-state index < -0.39 is 0 Å². The van der Waals surface area contributed by atoms with Gasteiger partial charge in [-0.2, -0.15) is 0 Å². The Kier molecular flexibility index (Phi) is 5.15. The summed E-state index contributed by atoms with van der Waals surface area (Å²) in [5, 5.41) is 0. The predicted molar refractivity (Wildman–Crippen MR) is 86.8 cm³/mol. The predicted octanol–water partition coefficient (Wildman–Crippen LogP) is 2.46. The van der Waals surface area contributed by atoms with E-state index in [9.17, 15) is 9.18 Å². The number of nitrogens with zero attached hydrogens (tertiary/aromatic N) is 3. The van der Waals surface area contributed by atoms with Gasteiger partial charge in [0.1, 0.15) is 17.7 Å². The first kappa shape index (κ1) is 16.5. The van der Waals surface area contributed by atoms with Crippen molar-refractivity contribution in [2.45, 2.75) is 25.9 Å². The Morgan fingerprint density at radius 3 is 3.00 bits per heavy atom. The van der Waals surface area contributed by atoms with E-state index in [-0.39, 0.29) is 24.2 Å². The van der Waals surface area contributed by atoms with Crippen LogP contribution < -0.4 is 0 Å². The molecule has 1 aromatic heterocycles. The maximum atomic E-state index is 13.6. The minimum Gasteiger partial charge on any atom is -0.368 e. The van der Waals surface area contributed by atoms with Gasteiger partial charge in [-0.1, -0.05) is 18.2 Å². The van der Waals surface area contributed by atoms with Gasteiger partial charge in [0, 0.05) is 19.2 Å². The van der Waals surface area contributed by atoms with Crippen LogP contribution in [-0.4, -0.2) is 40.5 Å². The summed E-state index contributed by atoms with van der Waals surface area (Å²) in [5.74, 6) is 0.429. The number of halogens is 1. The molecule has 24 heavy (non-hydrogen) atoms. The summed E-state index contributed by atoms with van der Waals surface area (Å²) < 4.78 is 19.4. The van der Waals surface area contributed by atoms with Crippen molar-refractivity contribution in [2.24, 2.45) is 0 Å². The molecule has 1 aromatic carbocycles. The van der Waals surface area contributed by atoms with Gasteiger partial charge in [-0.05, 0) is 31.0 Å². The van der Waals surface area contributed by atoms with Crippen molar-refractivity contribution in [1.82, 2.24) is 14.9 Å². The highest BCUT2D eigenvalue weighted by atomic mass is 19.1. The van der Waals surface area contributed by atoms with Crippen molar-refractivity contribution in [3.63, 3.8) is 0 Å². The van der Waals surface area contributed by atoms with Crippen molar-refractivity contribution in [1.29, 1.82) is 0 Å². The van der Waals surface area contributed by atoms with Crippen molar-refractivity contribution in [3.05, 3.63) is 59.4 Å². The first-order valence-corrected chi connectivity index (χ1v) is 8.06. The second-order valence-corrected chi connectivity index (χ2v) is 5.82. The fourth-order valence-electron chi connectivity index (χ4n) is 2.81. The molecule has 0 bridgehead atoms. The summed E-state index contributed by atoms with van der Waals surface area (Å²) in [6, 6.07) is 8.38. The van der Waals surface area contributed by atoms with E-state index in [2.05, 4.69) is 9.97 Å². The summed E-state index contributed by atoms with van der Waals surface area (Å²) >= 11 is 0. The third kappa shape index (κ3) is 3.94. The minimum absolute atomic E-state index is 0.0114. The maximum absolute atomic E-state index is 13.6. The van der Waals surface area contributed by atoms with Gasteiger partial charge in [0.05, 0.1) is 18.8 Å². The van der Waals surface area contributed by atoms with Gasteiger partial charge in [0.2, 0.25) is 5.91 Å². The van der Waals surface area contributed by atoms with Crippen LogP contribution in [0.15, 0.2) is 36.5 Å². The number of benzene rings is 1. The summed E-state index contributed by atoms with van der Waals surface area (Å²) in [4.78, 5) is 22.7. The largest absolute Gasteiger partial charge is 0.368 e. The quantitative estimate of drug-likeness (QED) is 0.865. The zero-order chi connectivity index (χ0) is 16.9. The monoisotopic (exact) mass is 329 g/mol. The molecule has 5 nitrogen and oxygen atoms in total. The SMILES string of the molecule is Cc1nccc(C2CN(C(=O)CCc3ccccc3F)CCO2)n1. The van der Waals surface area contributed by atoms with Crippen LogP contribution in [0.4, 0.5) is 4.39 Å².